The summed E-state index contributed by atoms with van der Waals surface area (Å²) in [5.41, 5.74) is 0.996. The predicted octanol–water partition coefficient (Wildman–Crippen LogP) is 1.38. The molecule has 7 heteroatoms. The smallest absolute Gasteiger partial charge is 0.246 e. The summed E-state index contributed by atoms with van der Waals surface area (Å²) in [6.45, 7) is 2.06. The summed E-state index contributed by atoms with van der Waals surface area (Å²) in [6.07, 6.45) is 0.257. The molecular weight excluding hydrogens is 306 g/mol. The summed E-state index contributed by atoms with van der Waals surface area (Å²) in [5, 5.41) is 1.18. The first-order valence-corrected chi connectivity index (χ1v) is 9.01. The molecule has 0 radical (unpaired) electrons. The van der Waals surface area contributed by atoms with Crippen molar-refractivity contribution < 1.29 is 22.8 Å². The number of nitrogens with zero attached hydrogens (tertiary/aromatic N) is 1. The molecule has 0 bridgehead atoms. The number of sulfone groups is 1. The van der Waals surface area contributed by atoms with Crippen LogP contribution in [0.25, 0.3) is 0 Å². The van der Waals surface area contributed by atoms with Gasteiger partial charge in [-0.1, -0.05) is 19.1 Å². The summed E-state index contributed by atoms with van der Waals surface area (Å²) in [5.74, 6) is 0.446. The van der Waals surface area contributed by atoms with E-state index < -0.39 is 9.84 Å². The zero-order valence-corrected chi connectivity index (χ0v) is 13.6. The molecule has 1 atom stereocenters. The van der Waals surface area contributed by atoms with E-state index in [4.69, 9.17) is 9.57 Å². The molecule has 1 aliphatic heterocycles. The second kappa shape index (κ2) is 7.11. The van der Waals surface area contributed by atoms with Gasteiger partial charge in [0.15, 0.2) is 9.84 Å². The molecule has 1 aliphatic rings. The average molecular weight is 327 g/mol. The Hall–Kier alpha value is -1.60. The summed E-state index contributed by atoms with van der Waals surface area (Å²) >= 11 is 0. The Bertz CT molecular complexity index is 629. The third-order valence-corrected chi connectivity index (χ3v) is 5.26. The Kier molecular flexibility index (Phi) is 5.42. The standard InChI is InChI=1S/C15H21NO5S/c1-12(13-4-3-5-14(11-13)20-2)10-15(17)16-6-8-22(18,19)9-7-21-16/h3-5,11-12H,6-10H2,1-2H3. The lowest BCUT2D eigenvalue weighted by Crippen LogP contribution is -2.33. The topological polar surface area (TPSA) is 72.9 Å². The van der Waals surface area contributed by atoms with Gasteiger partial charge in [-0.25, -0.2) is 13.5 Å². The molecule has 1 amide bonds. The molecule has 0 N–H and O–H groups in total. The van der Waals surface area contributed by atoms with Gasteiger partial charge >= 0.3 is 0 Å². The predicted molar refractivity (Wildman–Crippen MR) is 82.3 cm³/mol. The molecule has 1 fully saturated rings. The van der Waals surface area contributed by atoms with E-state index in [1.807, 2.05) is 31.2 Å². The molecule has 1 aromatic carbocycles. The minimum absolute atomic E-state index is 0.00828. The van der Waals surface area contributed by atoms with Crippen LogP contribution in [0.15, 0.2) is 24.3 Å². The number of ether oxygens (including phenoxy) is 1. The fraction of sp³-hybridized carbons (Fsp3) is 0.533. The average Bonchev–Trinajstić information content (AvgIpc) is 2.68. The molecule has 0 spiro atoms. The van der Waals surface area contributed by atoms with E-state index in [2.05, 4.69) is 0 Å². The second-order valence-corrected chi connectivity index (χ2v) is 7.67. The van der Waals surface area contributed by atoms with Crippen molar-refractivity contribution in [1.29, 1.82) is 0 Å². The Labute approximate surface area is 130 Å². The second-order valence-electron chi connectivity index (χ2n) is 5.36. The highest BCUT2D eigenvalue weighted by Gasteiger charge is 2.25. The summed E-state index contributed by atoms with van der Waals surface area (Å²) in [7, 11) is -1.51. The van der Waals surface area contributed by atoms with Gasteiger partial charge in [0.2, 0.25) is 5.91 Å². The van der Waals surface area contributed by atoms with E-state index in [9.17, 15) is 13.2 Å². The van der Waals surface area contributed by atoms with Gasteiger partial charge in [0, 0.05) is 6.42 Å². The summed E-state index contributed by atoms with van der Waals surface area (Å²) in [4.78, 5) is 17.5. The van der Waals surface area contributed by atoms with E-state index in [1.165, 1.54) is 5.06 Å². The number of amides is 1. The third-order valence-electron chi connectivity index (χ3n) is 3.67. The number of methoxy groups -OCH3 is 1. The Morgan fingerprint density at radius 1 is 1.41 bits per heavy atom. The number of carbonyl (C=O) groups excluding carboxylic acids is 1. The van der Waals surface area contributed by atoms with Crippen LogP contribution in [0.4, 0.5) is 0 Å². The van der Waals surface area contributed by atoms with Crippen molar-refractivity contribution in [3.05, 3.63) is 29.8 Å². The number of benzene rings is 1. The van der Waals surface area contributed by atoms with Gasteiger partial charge in [-0.15, -0.1) is 0 Å². The normalized spacial score (nSPS) is 19.3. The molecule has 6 nitrogen and oxygen atoms in total. The number of hydrogen-bond donors (Lipinski definition) is 0. The van der Waals surface area contributed by atoms with Crippen LogP contribution < -0.4 is 4.74 Å². The van der Waals surface area contributed by atoms with Crippen LogP contribution in [0.5, 0.6) is 5.75 Å². The lowest BCUT2D eigenvalue weighted by atomic mass is 9.97. The highest BCUT2D eigenvalue weighted by Crippen LogP contribution is 2.24. The quantitative estimate of drug-likeness (QED) is 0.835. The van der Waals surface area contributed by atoms with Crippen LogP contribution in [0, 0.1) is 0 Å². The van der Waals surface area contributed by atoms with Crippen LogP contribution in [-0.4, -0.2) is 51.2 Å². The van der Waals surface area contributed by atoms with Crippen molar-refractivity contribution in [2.75, 3.05) is 31.8 Å². The lowest BCUT2D eigenvalue weighted by molar-refractivity contribution is -0.182. The third kappa shape index (κ3) is 4.45. The molecule has 0 aromatic heterocycles. The molecule has 1 saturated heterocycles. The molecular formula is C15H21NO5S. The zero-order chi connectivity index (χ0) is 16.2. The number of carbonyl (C=O) groups is 1. The van der Waals surface area contributed by atoms with Gasteiger partial charge in [-0.3, -0.25) is 9.63 Å². The molecule has 1 unspecified atom stereocenters. The van der Waals surface area contributed by atoms with Crippen LogP contribution in [0.1, 0.15) is 24.8 Å². The fourth-order valence-corrected chi connectivity index (χ4v) is 3.27. The van der Waals surface area contributed by atoms with Crippen molar-refractivity contribution in [1.82, 2.24) is 5.06 Å². The molecule has 2 rings (SSSR count). The van der Waals surface area contributed by atoms with Crippen molar-refractivity contribution in [3.8, 4) is 5.75 Å². The maximum Gasteiger partial charge on any atom is 0.246 e. The summed E-state index contributed by atoms with van der Waals surface area (Å²) in [6, 6.07) is 7.56. The van der Waals surface area contributed by atoms with Crippen molar-refractivity contribution in [2.24, 2.45) is 0 Å². The monoisotopic (exact) mass is 327 g/mol. The maximum atomic E-state index is 12.3. The van der Waals surface area contributed by atoms with E-state index in [0.717, 1.165) is 11.3 Å². The van der Waals surface area contributed by atoms with Crippen molar-refractivity contribution in [3.63, 3.8) is 0 Å². The highest BCUT2D eigenvalue weighted by atomic mass is 32.2. The molecule has 1 aromatic rings. The molecule has 122 valence electrons. The highest BCUT2D eigenvalue weighted by molar-refractivity contribution is 7.91. The molecule has 22 heavy (non-hydrogen) atoms. The summed E-state index contributed by atoms with van der Waals surface area (Å²) < 4.78 is 28.2. The van der Waals surface area contributed by atoms with Gasteiger partial charge in [-0.05, 0) is 23.6 Å². The lowest BCUT2D eigenvalue weighted by Gasteiger charge is -2.21. The number of rotatable bonds is 4. The maximum absolute atomic E-state index is 12.3. The van der Waals surface area contributed by atoms with Crippen LogP contribution in [-0.2, 0) is 19.5 Å². The fourth-order valence-electron chi connectivity index (χ4n) is 2.29. The van der Waals surface area contributed by atoms with Gasteiger partial charge < -0.3 is 4.74 Å². The van der Waals surface area contributed by atoms with E-state index in [-0.39, 0.29) is 42.9 Å². The van der Waals surface area contributed by atoms with Crippen molar-refractivity contribution >= 4 is 15.7 Å². The first-order chi connectivity index (χ1) is 10.4. The number of hydrogen-bond acceptors (Lipinski definition) is 5. The zero-order valence-electron chi connectivity index (χ0n) is 12.8. The van der Waals surface area contributed by atoms with Gasteiger partial charge in [0.05, 0.1) is 31.8 Å². The minimum atomic E-state index is -3.11. The molecule has 0 saturated carbocycles. The largest absolute Gasteiger partial charge is 0.497 e. The van der Waals surface area contributed by atoms with Gasteiger partial charge in [-0.2, -0.15) is 0 Å². The Balaban J connectivity index is 1.98. The van der Waals surface area contributed by atoms with E-state index >= 15 is 0 Å². The van der Waals surface area contributed by atoms with Crippen LogP contribution in [0.2, 0.25) is 0 Å². The number of hydroxylamine groups is 2. The Morgan fingerprint density at radius 3 is 2.91 bits per heavy atom. The van der Waals surface area contributed by atoms with E-state index in [0.29, 0.717) is 0 Å². The van der Waals surface area contributed by atoms with Crippen LogP contribution in [0.3, 0.4) is 0 Å². The molecule has 1 heterocycles. The first-order valence-electron chi connectivity index (χ1n) is 7.19. The van der Waals surface area contributed by atoms with Gasteiger partial charge in [0.25, 0.3) is 0 Å². The van der Waals surface area contributed by atoms with E-state index in [1.54, 1.807) is 7.11 Å². The van der Waals surface area contributed by atoms with Crippen LogP contribution >= 0.6 is 0 Å². The van der Waals surface area contributed by atoms with Crippen molar-refractivity contribution in [2.45, 2.75) is 19.3 Å². The molecule has 0 aliphatic carbocycles. The SMILES string of the molecule is COc1cccc(C(C)CC(=O)N2CCS(=O)(=O)CCO2)c1. The van der Waals surface area contributed by atoms with Gasteiger partial charge in [0.1, 0.15) is 5.75 Å². The first kappa shape index (κ1) is 16.8. The minimum Gasteiger partial charge on any atom is -0.497 e. The Morgan fingerprint density at radius 2 is 2.18 bits per heavy atom.